The number of hydroxylamine groups is 1. The van der Waals surface area contributed by atoms with Crippen molar-refractivity contribution in [3.8, 4) is 5.75 Å². The molecule has 1 aliphatic rings. The molecule has 0 saturated carbocycles. The molecule has 0 saturated heterocycles. The fourth-order valence-corrected chi connectivity index (χ4v) is 2.27. The molecule has 3 unspecified atom stereocenters. The molecule has 3 heteroatoms. The van der Waals surface area contributed by atoms with Gasteiger partial charge in [0.1, 0.15) is 11.9 Å². The lowest BCUT2D eigenvalue weighted by Gasteiger charge is -2.15. The number of ether oxygens (including phenoxy) is 1. The standard InChI is InChI=1S/C14H21NO2/c1-5-9(2)11-6-7-13-12(8-11)14(15-16-4)10(3)17-13/h6-10,14-15H,5H2,1-4H3. The summed E-state index contributed by atoms with van der Waals surface area (Å²) in [6.07, 6.45) is 1.26. The molecule has 0 amide bonds. The van der Waals surface area contributed by atoms with Gasteiger partial charge in [-0.1, -0.05) is 26.0 Å². The average Bonchev–Trinajstić information content (AvgIpc) is 2.65. The van der Waals surface area contributed by atoms with E-state index in [0.29, 0.717) is 5.92 Å². The van der Waals surface area contributed by atoms with Gasteiger partial charge in [0.25, 0.3) is 0 Å². The molecule has 94 valence electrons. The second-order valence-corrected chi connectivity index (χ2v) is 4.73. The summed E-state index contributed by atoms with van der Waals surface area (Å²) in [5.41, 5.74) is 5.58. The summed E-state index contributed by atoms with van der Waals surface area (Å²) in [5, 5.41) is 0. The molecule has 1 N–H and O–H groups in total. The predicted octanol–water partition coefficient (Wildman–Crippen LogP) is 3.17. The summed E-state index contributed by atoms with van der Waals surface area (Å²) in [5.74, 6) is 1.55. The second kappa shape index (κ2) is 5.07. The Morgan fingerprint density at radius 1 is 1.47 bits per heavy atom. The first-order valence-electron chi connectivity index (χ1n) is 6.26. The van der Waals surface area contributed by atoms with E-state index in [1.165, 1.54) is 11.1 Å². The van der Waals surface area contributed by atoms with Gasteiger partial charge in [-0.3, -0.25) is 0 Å². The summed E-state index contributed by atoms with van der Waals surface area (Å²) in [6, 6.07) is 6.60. The molecule has 0 bridgehead atoms. The van der Waals surface area contributed by atoms with E-state index < -0.39 is 0 Å². The molecule has 1 aromatic rings. The highest BCUT2D eigenvalue weighted by atomic mass is 16.6. The summed E-state index contributed by atoms with van der Waals surface area (Å²) >= 11 is 0. The molecule has 0 aliphatic carbocycles. The number of nitrogens with one attached hydrogen (secondary N) is 1. The van der Waals surface area contributed by atoms with Gasteiger partial charge in [-0.15, -0.1) is 0 Å². The third kappa shape index (κ3) is 2.31. The van der Waals surface area contributed by atoms with E-state index >= 15 is 0 Å². The molecular weight excluding hydrogens is 214 g/mol. The van der Waals surface area contributed by atoms with Crippen LogP contribution in [0.2, 0.25) is 0 Å². The van der Waals surface area contributed by atoms with Crippen molar-refractivity contribution in [3.63, 3.8) is 0 Å². The van der Waals surface area contributed by atoms with Gasteiger partial charge in [0.05, 0.1) is 13.2 Å². The number of hydrogen-bond donors (Lipinski definition) is 1. The van der Waals surface area contributed by atoms with E-state index in [1.54, 1.807) is 7.11 Å². The smallest absolute Gasteiger partial charge is 0.124 e. The quantitative estimate of drug-likeness (QED) is 0.813. The van der Waals surface area contributed by atoms with Crippen molar-refractivity contribution in [2.75, 3.05) is 7.11 Å². The fourth-order valence-electron chi connectivity index (χ4n) is 2.27. The highest BCUT2D eigenvalue weighted by molar-refractivity contribution is 5.44. The van der Waals surface area contributed by atoms with Crippen LogP contribution in [-0.2, 0) is 4.84 Å². The van der Waals surface area contributed by atoms with Crippen LogP contribution in [0.25, 0.3) is 0 Å². The normalized spacial score (nSPS) is 24.2. The monoisotopic (exact) mass is 235 g/mol. The molecule has 1 aromatic carbocycles. The first kappa shape index (κ1) is 12.4. The Kier molecular flexibility index (Phi) is 3.69. The van der Waals surface area contributed by atoms with Crippen LogP contribution in [0, 0.1) is 0 Å². The summed E-state index contributed by atoms with van der Waals surface area (Å²) < 4.78 is 5.80. The zero-order chi connectivity index (χ0) is 12.4. The van der Waals surface area contributed by atoms with Crippen molar-refractivity contribution in [1.82, 2.24) is 5.48 Å². The molecular formula is C14H21NO2. The average molecular weight is 235 g/mol. The van der Waals surface area contributed by atoms with Crippen LogP contribution < -0.4 is 10.2 Å². The maximum absolute atomic E-state index is 5.80. The molecule has 0 spiro atoms. The Hall–Kier alpha value is -1.06. The molecule has 3 atom stereocenters. The summed E-state index contributed by atoms with van der Waals surface area (Å²) in [4.78, 5) is 5.05. The molecule has 0 radical (unpaired) electrons. The largest absolute Gasteiger partial charge is 0.488 e. The molecule has 2 rings (SSSR count). The Labute approximate surface area is 103 Å². The Bertz CT molecular complexity index is 392. The lowest BCUT2D eigenvalue weighted by atomic mass is 9.94. The number of hydrogen-bond acceptors (Lipinski definition) is 3. The Balaban J connectivity index is 2.31. The molecule has 0 aromatic heterocycles. The van der Waals surface area contributed by atoms with Crippen LogP contribution in [0.15, 0.2) is 18.2 Å². The van der Waals surface area contributed by atoms with Gasteiger partial charge in [-0.25, -0.2) is 0 Å². The van der Waals surface area contributed by atoms with Gasteiger partial charge in [0.2, 0.25) is 0 Å². The first-order chi connectivity index (χ1) is 8.17. The van der Waals surface area contributed by atoms with Gasteiger partial charge >= 0.3 is 0 Å². The van der Waals surface area contributed by atoms with Crippen LogP contribution in [0.1, 0.15) is 50.3 Å². The zero-order valence-electron chi connectivity index (χ0n) is 11.0. The van der Waals surface area contributed by atoms with E-state index in [0.717, 1.165) is 12.2 Å². The summed E-state index contributed by atoms with van der Waals surface area (Å²) in [6.45, 7) is 6.52. The fraction of sp³-hybridized carbons (Fsp3) is 0.571. The SMILES string of the molecule is CCC(C)c1ccc2c(c1)C(NOC)C(C)O2. The Morgan fingerprint density at radius 3 is 2.88 bits per heavy atom. The van der Waals surface area contributed by atoms with E-state index in [4.69, 9.17) is 9.57 Å². The van der Waals surface area contributed by atoms with E-state index in [9.17, 15) is 0 Å². The minimum Gasteiger partial charge on any atom is -0.488 e. The maximum atomic E-state index is 5.80. The van der Waals surface area contributed by atoms with Crippen molar-refractivity contribution >= 4 is 0 Å². The topological polar surface area (TPSA) is 30.5 Å². The van der Waals surface area contributed by atoms with Gasteiger partial charge in [-0.05, 0) is 30.9 Å². The number of rotatable bonds is 4. The van der Waals surface area contributed by atoms with Gasteiger partial charge in [0, 0.05) is 5.56 Å². The summed E-state index contributed by atoms with van der Waals surface area (Å²) in [7, 11) is 1.64. The number of benzene rings is 1. The molecule has 0 fully saturated rings. The molecule has 1 heterocycles. The van der Waals surface area contributed by atoms with E-state index in [-0.39, 0.29) is 12.1 Å². The zero-order valence-corrected chi connectivity index (χ0v) is 11.0. The van der Waals surface area contributed by atoms with Crippen LogP contribution >= 0.6 is 0 Å². The highest BCUT2D eigenvalue weighted by Gasteiger charge is 2.31. The van der Waals surface area contributed by atoms with Crippen LogP contribution in [0.4, 0.5) is 0 Å². The second-order valence-electron chi connectivity index (χ2n) is 4.73. The molecule has 1 aliphatic heterocycles. The van der Waals surface area contributed by atoms with Crippen molar-refractivity contribution in [1.29, 1.82) is 0 Å². The van der Waals surface area contributed by atoms with Crippen LogP contribution in [0.5, 0.6) is 5.75 Å². The van der Waals surface area contributed by atoms with Gasteiger partial charge in [0.15, 0.2) is 0 Å². The predicted molar refractivity (Wildman–Crippen MR) is 68.1 cm³/mol. The maximum Gasteiger partial charge on any atom is 0.124 e. The third-order valence-electron chi connectivity index (χ3n) is 3.58. The van der Waals surface area contributed by atoms with Crippen molar-refractivity contribution in [3.05, 3.63) is 29.3 Å². The first-order valence-corrected chi connectivity index (χ1v) is 6.26. The van der Waals surface area contributed by atoms with E-state index in [2.05, 4.69) is 44.5 Å². The van der Waals surface area contributed by atoms with Crippen LogP contribution in [0.3, 0.4) is 0 Å². The highest BCUT2D eigenvalue weighted by Crippen LogP contribution is 2.38. The van der Waals surface area contributed by atoms with E-state index in [1.807, 2.05) is 0 Å². The lowest BCUT2D eigenvalue weighted by molar-refractivity contribution is 0.0339. The van der Waals surface area contributed by atoms with Crippen molar-refractivity contribution in [2.45, 2.75) is 45.3 Å². The number of fused-ring (bicyclic) bond motifs is 1. The minimum absolute atomic E-state index is 0.108. The van der Waals surface area contributed by atoms with Crippen molar-refractivity contribution < 1.29 is 9.57 Å². The van der Waals surface area contributed by atoms with Gasteiger partial charge < -0.3 is 9.57 Å². The Morgan fingerprint density at radius 2 is 2.24 bits per heavy atom. The van der Waals surface area contributed by atoms with Crippen molar-refractivity contribution in [2.24, 2.45) is 0 Å². The minimum atomic E-state index is 0.108. The molecule has 17 heavy (non-hydrogen) atoms. The van der Waals surface area contributed by atoms with Crippen LogP contribution in [-0.4, -0.2) is 13.2 Å². The van der Waals surface area contributed by atoms with Gasteiger partial charge in [-0.2, -0.15) is 5.48 Å². The third-order valence-corrected chi connectivity index (χ3v) is 3.58. The lowest BCUT2D eigenvalue weighted by Crippen LogP contribution is -2.27. The molecule has 3 nitrogen and oxygen atoms in total.